The summed E-state index contributed by atoms with van der Waals surface area (Å²) in [6.07, 6.45) is 10.5. The van der Waals surface area contributed by atoms with Crippen molar-refractivity contribution in [3.63, 3.8) is 0 Å². The zero-order chi connectivity index (χ0) is 16.9. The summed E-state index contributed by atoms with van der Waals surface area (Å²) >= 11 is 0. The monoisotopic (exact) mass is 327 g/mol. The summed E-state index contributed by atoms with van der Waals surface area (Å²) < 4.78 is 10.4. The van der Waals surface area contributed by atoms with Gasteiger partial charge in [-0.25, -0.2) is 9.59 Å². The number of rotatable bonds is 10. The third-order valence-electron chi connectivity index (χ3n) is 4.27. The lowest BCUT2D eigenvalue weighted by Crippen LogP contribution is -2.48. The van der Waals surface area contributed by atoms with Crippen molar-refractivity contribution in [1.29, 1.82) is 0 Å². The summed E-state index contributed by atoms with van der Waals surface area (Å²) in [6, 6.07) is -0.465. The van der Waals surface area contributed by atoms with Gasteiger partial charge < -0.3 is 9.47 Å². The van der Waals surface area contributed by atoms with Crippen LogP contribution in [0.4, 0.5) is 4.79 Å². The summed E-state index contributed by atoms with van der Waals surface area (Å²) in [5.74, 6) is -0.274. The van der Waals surface area contributed by atoms with Crippen molar-refractivity contribution in [3.05, 3.63) is 0 Å². The van der Waals surface area contributed by atoms with Gasteiger partial charge in [0.2, 0.25) is 0 Å². The standard InChI is InChI=1S/C18H33NO4/c1-3-5-6-7-8-9-12-15-23-17(20)16-13-10-11-14-19(16)18(21)22-4-2/h16H,3-15H2,1-2H3. The van der Waals surface area contributed by atoms with Gasteiger partial charge in [0.25, 0.3) is 0 Å². The minimum Gasteiger partial charge on any atom is -0.464 e. The van der Waals surface area contributed by atoms with Crippen LogP contribution in [0.1, 0.15) is 78.1 Å². The second-order valence-corrected chi connectivity index (χ2v) is 6.19. The molecule has 1 aliphatic heterocycles. The number of esters is 1. The van der Waals surface area contributed by atoms with Crippen molar-refractivity contribution in [3.8, 4) is 0 Å². The Balaban J connectivity index is 2.22. The number of hydrogen-bond acceptors (Lipinski definition) is 4. The predicted molar refractivity (Wildman–Crippen MR) is 90.3 cm³/mol. The van der Waals surface area contributed by atoms with E-state index in [1.807, 2.05) is 0 Å². The Hall–Kier alpha value is -1.26. The Morgan fingerprint density at radius 2 is 1.65 bits per heavy atom. The third kappa shape index (κ3) is 7.71. The molecule has 0 aromatic rings. The minimum absolute atomic E-state index is 0.274. The lowest BCUT2D eigenvalue weighted by Gasteiger charge is -2.33. The van der Waals surface area contributed by atoms with Gasteiger partial charge in [0.1, 0.15) is 6.04 Å². The molecule has 1 fully saturated rings. The van der Waals surface area contributed by atoms with Crippen molar-refractivity contribution in [2.75, 3.05) is 19.8 Å². The van der Waals surface area contributed by atoms with Gasteiger partial charge in [-0.15, -0.1) is 0 Å². The van der Waals surface area contributed by atoms with Crippen molar-refractivity contribution < 1.29 is 19.1 Å². The molecule has 134 valence electrons. The van der Waals surface area contributed by atoms with E-state index >= 15 is 0 Å². The third-order valence-corrected chi connectivity index (χ3v) is 4.27. The van der Waals surface area contributed by atoms with Crippen LogP contribution in [0.15, 0.2) is 0 Å². The molecule has 0 spiro atoms. The number of unbranched alkanes of at least 4 members (excludes halogenated alkanes) is 6. The molecule has 0 saturated carbocycles. The molecule has 1 heterocycles. The van der Waals surface area contributed by atoms with Crippen LogP contribution in [0.2, 0.25) is 0 Å². The Morgan fingerprint density at radius 3 is 2.35 bits per heavy atom. The van der Waals surface area contributed by atoms with E-state index in [1.54, 1.807) is 6.92 Å². The first-order valence-electron chi connectivity index (χ1n) is 9.30. The summed E-state index contributed by atoms with van der Waals surface area (Å²) in [5.41, 5.74) is 0. The number of ether oxygens (including phenoxy) is 2. The fourth-order valence-electron chi connectivity index (χ4n) is 2.93. The first-order chi connectivity index (χ1) is 11.2. The van der Waals surface area contributed by atoms with Crippen molar-refractivity contribution >= 4 is 12.1 Å². The molecular formula is C18H33NO4. The molecule has 0 N–H and O–H groups in total. The van der Waals surface area contributed by atoms with E-state index in [0.29, 0.717) is 26.2 Å². The van der Waals surface area contributed by atoms with Crippen molar-refractivity contribution in [2.24, 2.45) is 0 Å². The fraction of sp³-hybridized carbons (Fsp3) is 0.889. The zero-order valence-corrected chi connectivity index (χ0v) is 14.8. The summed E-state index contributed by atoms with van der Waals surface area (Å²) in [5, 5.41) is 0. The number of amides is 1. The van der Waals surface area contributed by atoms with E-state index in [1.165, 1.54) is 37.0 Å². The number of nitrogens with zero attached hydrogens (tertiary/aromatic N) is 1. The van der Waals surface area contributed by atoms with Gasteiger partial charge in [0.05, 0.1) is 13.2 Å². The van der Waals surface area contributed by atoms with E-state index in [0.717, 1.165) is 25.7 Å². The maximum Gasteiger partial charge on any atom is 0.410 e. The van der Waals surface area contributed by atoms with Crippen LogP contribution in [0.25, 0.3) is 0 Å². The molecule has 1 amide bonds. The molecule has 5 heteroatoms. The Labute approximate surface area is 140 Å². The van der Waals surface area contributed by atoms with Crippen molar-refractivity contribution in [1.82, 2.24) is 4.90 Å². The van der Waals surface area contributed by atoms with Gasteiger partial charge in [-0.05, 0) is 32.6 Å². The molecule has 5 nitrogen and oxygen atoms in total. The SMILES string of the molecule is CCCCCCCCCOC(=O)C1CCCCN1C(=O)OCC. The smallest absolute Gasteiger partial charge is 0.410 e. The zero-order valence-electron chi connectivity index (χ0n) is 14.8. The van der Waals surface area contributed by atoms with Crippen LogP contribution in [0, 0.1) is 0 Å². The Kier molecular flexibility index (Phi) is 10.5. The topological polar surface area (TPSA) is 55.8 Å². The Bertz CT molecular complexity index is 346. The molecule has 1 atom stereocenters. The molecule has 0 aliphatic carbocycles. The lowest BCUT2D eigenvalue weighted by molar-refractivity contribution is -0.150. The van der Waals surface area contributed by atoms with Crippen LogP contribution >= 0.6 is 0 Å². The van der Waals surface area contributed by atoms with Crippen LogP contribution in [-0.4, -0.2) is 42.8 Å². The summed E-state index contributed by atoms with van der Waals surface area (Å²) in [7, 11) is 0. The lowest BCUT2D eigenvalue weighted by atomic mass is 10.0. The number of carbonyl (C=O) groups excluding carboxylic acids is 2. The second-order valence-electron chi connectivity index (χ2n) is 6.19. The quantitative estimate of drug-likeness (QED) is 0.443. The first-order valence-corrected chi connectivity index (χ1v) is 9.30. The first kappa shape index (κ1) is 19.8. The molecule has 0 aromatic heterocycles. The number of piperidine rings is 1. The van der Waals surface area contributed by atoms with E-state index in [2.05, 4.69) is 6.92 Å². The van der Waals surface area contributed by atoms with Crippen LogP contribution in [-0.2, 0) is 14.3 Å². The largest absolute Gasteiger partial charge is 0.464 e. The highest BCUT2D eigenvalue weighted by atomic mass is 16.6. The molecule has 1 aliphatic rings. The van der Waals surface area contributed by atoms with E-state index in [9.17, 15) is 9.59 Å². The maximum atomic E-state index is 12.2. The van der Waals surface area contributed by atoms with E-state index < -0.39 is 12.1 Å². The Morgan fingerprint density at radius 1 is 0.957 bits per heavy atom. The summed E-state index contributed by atoms with van der Waals surface area (Å²) in [6.45, 7) is 5.35. The number of carbonyl (C=O) groups is 2. The van der Waals surface area contributed by atoms with E-state index in [4.69, 9.17) is 9.47 Å². The molecule has 1 unspecified atom stereocenters. The van der Waals surface area contributed by atoms with Gasteiger partial charge in [-0.2, -0.15) is 0 Å². The normalized spacial score (nSPS) is 17.8. The van der Waals surface area contributed by atoms with Gasteiger partial charge in [0.15, 0.2) is 0 Å². The van der Waals surface area contributed by atoms with Crippen LogP contribution in [0.3, 0.4) is 0 Å². The summed E-state index contributed by atoms with van der Waals surface area (Å²) in [4.78, 5) is 25.7. The molecule has 0 radical (unpaired) electrons. The van der Waals surface area contributed by atoms with E-state index in [-0.39, 0.29) is 5.97 Å². The minimum atomic E-state index is -0.465. The molecule has 23 heavy (non-hydrogen) atoms. The van der Waals surface area contributed by atoms with Crippen LogP contribution in [0.5, 0.6) is 0 Å². The fourth-order valence-corrected chi connectivity index (χ4v) is 2.93. The molecule has 1 rings (SSSR count). The van der Waals surface area contributed by atoms with Crippen molar-refractivity contribution in [2.45, 2.75) is 84.1 Å². The highest BCUT2D eigenvalue weighted by molar-refractivity contribution is 5.81. The average molecular weight is 327 g/mol. The number of likely N-dealkylation sites (tertiary alicyclic amines) is 1. The number of hydrogen-bond donors (Lipinski definition) is 0. The molecular weight excluding hydrogens is 294 g/mol. The van der Waals surface area contributed by atoms with Gasteiger partial charge in [-0.3, -0.25) is 4.90 Å². The average Bonchev–Trinajstić information content (AvgIpc) is 2.57. The highest BCUT2D eigenvalue weighted by Crippen LogP contribution is 2.19. The van der Waals surface area contributed by atoms with Gasteiger partial charge in [-0.1, -0.05) is 45.4 Å². The molecule has 0 aromatic carbocycles. The van der Waals surface area contributed by atoms with Gasteiger partial charge >= 0.3 is 12.1 Å². The highest BCUT2D eigenvalue weighted by Gasteiger charge is 2.34. The molecule has 1 saturated heterocycles. The predicted octanol–water partition coefficient (Wildman–Crippen LogP) is 4.29. The van der Waals surface area contributed by atoms with Gasteiger partial charge in [0, 0.05) is 6.54 Å². The molecule has 0 bridgehead atoms. The maximum absolute atomic E-state index is 12.2. The van der Waals surface area contributed by atoms with Crippen LogP contribution < -0.4 is 0 Å². The second kappa shape index (κ2) is 12.2.